The van der Waals surface area contributed by atoms with Gasteiger partial charge in [0, 0.05) is 47.6 Å². The standard InChI is InChI=1S/C23H27ClN4O4/c1-29-20-5-4-16(12-18(20)24)27-23-17-13-22(21(30-2)14-19(17)25-15-26-23)32-9-3-6-28-7-10-31-11-8-28/h4-5,12-15H,3,6-11H2,1-2H3,(H,25,26,27)/i2D3,3D2,6D2,7D2,8D2,9D2,10D2,11D2. The van der Waals surface area contributed by atoms with E-state index in [4.69, 9.17) is 49.1 Å². The molecule has 8 nitrogen and oxygen atoms in total. The van der Waals surface area contributed by atoms with E-state index in [-0.39, 0.29) is 21.7 Å². The monoisotopic (exact) mass is 475 g/mol. The highest BCUT2D eigenvalue weighted by molar-refractivity contribution is 6.32. The molecule has 0 amide bonds. The molecule has 1 fully saturated rings. The van der Waals surface area contributed by atoms with Crippen LogP contribution in [0.1, 0.15) is 29.7 Å². The Labute approximate surface area is 216 Å². The maximum atomic E-state index is 8.51. The van der Waals surface area contributed by atoms with Crippen LogP contribution in [0.2, 0.25) is 5.02 Å². The van der Waals surface area contributed by atoms with Crippen molar-refractivity contribution in [1.82, 2.24) is 14.9 Å². The zero-order chi connectivity index (χ0) is 37.4. The van der Waals surface area contributed by atoms with Gasteiger partial charge in [0.2, 0.25) is 0 Å². The van der Waals surface area contributed by atoms with Crippen molar-refractivity contribution < 1.29 is 42.3 Å². The Kier molecular flexibility index (Phi) is 3.20. The first-order valence-electron chi connectivity index (χ1n) is 17.3. The van der Waals surface area contributed by atoms with Gasteiger partial charge in [0.1, 0.15) is 17.9 Å². The molecule has 1 aromatic heterocycles. The predicted molar refractivity (Wildman–Crippen MR) is 125 cm³/mol. The van der Waals surface area contributed by atoms with Crippen LogP contribution in [0.5, 0.6) is 17.2 Å². The maximum absolute atomic E-state index is 8.51. The molecule has 4 rings (SSSR count). The van der Waals surface area contributed by atoms with E-state index in [2.05, 4.69) is 20.0 Å². The van der Waals surface area contributed by atoms with Gasteiger partial charge in [-0.15, -0.1) is 0 Å². The van der Waals surface area contributed by atoms with E-state index in [1.807, 2.05) is 0 Å². The summed E-state index contributed by atoms with van der Waals surface area (Å²) in [4.78, 5) is 7.40. The van der Waals surface area contributed by atoms with Crippen LogP contribution in [0, 0.1) is 0 Å². The van der Waals surface area contributed by atoms with Gasteiger partial charge in [-0.1, -0.05) is 11.6 Å². The summed E-state index contributed by atoms with van der Waals surface area (Å²) >= 11 is 6.20. The minimum Gasteiger partial charge on any atom is -0.495 e. The molecule has 32 heavy (non-hydrogen) atoms. The van der Waals surface area contributed by atoms with Crippen LogP contribution in [0.3, 0.4) is 0 Å². The van der Waals surface area contributed by atoms with Crippen molar-refractivity contribution >= 4 is 34.0 Å². The maximum Gasteiger partial charge on any atom is 0.162 e. The van der Waals surface area contributed by atoms with E-state index in [9.17, 15) is 0 Å². The first-order chi connectivity index (χ1) is 22.0. The number of nitrogens with one attached hydrogen (secondary N) is 1. The highest BCUT2D eigenvalue weighted by Crippen LogP contribution is 2.35. The molecule has 0 saturated carbocycles. The van der Waals surface area contributed by atoms with Gasteiger partial charge in [0.05, 0.1) is 56.7 Å². The fraction of sp³-hybridized carbons (Fsp3) is 0.391. The van der Waals surface area contributed by atoms with Gasteiger partial charge in [-0.3, -0.25) is 4.90 Å². The minimum atomic E-state index is -4.28. The summed E-state index contributed by atoms with van der Waals surface area (Å²) in [6, 6.07) is 6.49. The molecule has 0 spiro atoms. The highest BCUT2D eigenvalue weighted by atomic mass is 35.5. The minimum absolute atomic E-state index is 0.00165. The van der Waals surface area contributed by atoms with Crippen LogP contribution in [0.25, 0.3) is 10.9 Å². The number of methoxy groups -OCH3 is 2. The highest BCUT2D eigenvalue weighted by Gasteiger charge is 2.14. The number of anilines is 2. The lowest BCUT2D eigenvalue weighted by atomic mass is 10.2. The van der Waals surface area contributed by atoms with Crippen molar-refractivity contribution in [3.05, 3.63) is 41.7 Å². The van der Waals surface area contributed by atoms with Gasteiger partial charge in [-0.2, -0.15) is 0 Å². The predicted octanol–water partition coefficient (Wildman–Crippen LogP) is 4.15. The van der Waals surface area contributed by atoms with Crippen molar-refractivity contribution in [2.45, 2.75) is 6.37 Å². The Morgan fingerprint density at radius 3 is 2.84 bits per heavy atom. The van der Waals surface area contributed by atoms with Crippen LogP contribution in [0.4, 0.5) is 11.5 Å². The zero-order valence-electron chi connectivity index (χ0n) is 33.3. The third kappa shape index (κ3) is 5.32. The molecule has 9 heteroatoms. The lowest BCUT2D eigenvalue weighted by molar-refractivity contribution is 0.0357. The Hall–Kier alpha value is -2.81. The normalized spacial score (nSPS) is 30.2. The Morgan fingerprint density at radius 2 is 2.06 bits per heavy atom. The van der Waals surface area contributed by atoms with Crippen molar-refractivity contribution in [2.24, 2.45) is 0 Å². The zero-order valence-corrected chi connectivity index (χ0v) is 17.1. The van der Waals surface area contributed by atoms with Gasteiger partial charge in [-0.05, 0) is 30.6 Å². The largest absolute Gasteiger partial charge is 0.495 e. The molecule has 2 heterocycles. The van der Waals surface area contributed by atoms with Gasteiger partial charge in [-0.25, -0.2) is 9.97 Å². The van der Waals surface area contributed by atoms with Crippen molar-refractivity contribution in [3.63, 3.8) is 0 Å². The molecule has 1 aliphatic heterocycles. The topological polar surface area (TPSA) is 78.0 Å². The number of fused-ring (bicyclic) bond motifs is 1. The molecule has 1 aliphatic rings. The van der Waals surface area contributed by atoms with E-state index in [0.29, 0.717) is 11.4 Å². The number of ether oxygens (including phenoxy) is 4. The molecule has 1 N–H and O–H groups in total. The van der Waals surface area contributed by atoms with Gasteiger partial charge in [0.15, 0.2) is 11.5 Å². The van der Waals surface area contributed by atoms with Crippen molar-refractivity contribution in [3.8, 4) is 17.2 Å². The fourth-order valence-electron chi connectivity index (χ4n) is 2.61. The number of nitrogens with zero attached hydrogens (tertiary/aromatic N) is 3. The van der Waals surface area contributed by atoms with E-state index < -0.39 is 69.0 Å². The van der Waals surface area contributed by atoms with Crippen LogP contribution in [0.15, 0.2) is 36.7 Å². The second-order valence-corrected chi connectivity index (χ2v) is 6.33. The lowest BCUT2D eigenvalue weighted by Crippen LogP contribution is -2.37. The quantitative estimate of drug-likeness (QED) is 0.494. The summed E-state index contributed by atoms with van der Waals surface area (Å²) in [5, 5.41) is 3.14. The second kappa shape index (κ2) is 10.7. The third-order valence-electron chi connectivity index (χ3n) is 4.02. The summed E-state index contributed by atoms with van der Waals surface area (Å²) < 4.78 is 157. The van der Waals surface area contributed by atoms with Gasteiger partial charge < -0.3 is 24.3 Å². The van der Waals surface area contributed by atoms with Crippen LogP contribution < -0.4 is 19.5 Å². The van der Waals surface area contributed by atoms with E-state index in [0.717, 1.165) is 18.5 Å². The number of hydrogen-bond acceptors (Lipinski definition) is 8. The van der Waals surface area contributed by atoms with Crippen LogP contribution >= 0.6 is 11.6 Å². The molecule has 2 aromatic carbocycles. The molecule has 0 radical (unpaired) electrons. The first kappa shape index (κ1) is 9.59. The van der Waals surface area contributed by atoms with E-state index >= 15 is 0 Å². The van der Waals surface area contributed by atoms with Crippen molar-refractivity contribution in [1.29, 1.82) is 0 Å². The average Bonchev–Trinajstić information content (AvgIpc) is 2.91. The van der Waals surface area contributed by atoms with Crippen LogP contribution in [-0.2, 0) is 4.74 Å². The van der Waals surface area contributed by atoms with Gasteiger partial charge >= 0.3 is 0 Å². The number of rotatable bonds is 9. The molecule has 170 valence electrons. The molecular weight excluding hydrogens is 432 g/mol. The molecule has 3 aromatic rings. The Balaban J connectivity index is 1.85. The fourth-order valence-corrected chi connectivity index (χ4v) is 2.87. The lowest BCUT2D eigenvalue weighted by Gasteiger charge is -2.26. The summed E-state index contributed by atoms with van der Waals surface area (Å²) in [7, 11) is -1.79. The molecule has 0 bridgehead atoms. The summed E-state index contributed by atoms with van der Waals surface area (Å²) in [6.07, 6.45) is -3.13. The van der Waals surface area contributed by atoms with E-state index in [1.54, 1.807) is 6.07 Å². The summed E-state index contributed by atoms with van der Waals surface area (Å²) in [5.41, 5.74) is 0.367. The van der Waals surface area contributed by atoms with Crippen molar-refractivity contribution in [2.75, 3.05) is 58.6 Å². The number of benzene rings is 2. The third-order valence-corrected chi connectivity index (χ3v) is 4.32. The number of halogens is 1. The van der Waals surface area contributed by atoms with Gasteiger partial charge in [0.25, 0.3) is 0 Å². The molecule has 1 saturated heterocycles. The molecular formula is C23H27ClN4O4. The Bertz CT molecular complexity index is 1720. The Morgan fingerprint density at radius 1 is 1.19 bits per heavy atom. The number of hydrogen-bond donors (Lipinski definition) is 1. The van der Waals surface area contributed by atoms with Crippen LogP contribution in [-0.4, -0.2) is 68.2 Å². The molecule has 0 atom stereocenters. The van der Waals surface area contributed by atoms with E-state index in [1.165, 1.54) is 19.2 Å². The smallest absolute Gasteiger partial charge is 0.162 e. The first-order valence-corrected chi connectivity index (χ1v) is 9.18. The molecule has 0 unspecified atom stereocenters. The summed E-state index contributed by atoms with van der Waals surface area (Å²) in [5.74, 6) is -1.24. The molecule has 0 aliphatic carbocycles. The number of morpholine rings is 1. The average molecular weight is 476 g/mol. The summed E-state index contributed by atoms with van der Waals surface area (Å²) in [6.45, 7) is -23.8. The number of aromatic nitrogens is 2. The SMILES string of the molecule is [2H]C([2H])([2H])Oc1cc2ncnc(Nc3ccc(OC)c(Cl)c3)c2cc1OC([2H])([2H])C([2H])([2H])C([2H])([2H])N1C([2H])([2H])C([2H])([2H])OC([2H])([2H])C1([2H])[2H]. The second-order valence-electron chi connectivity index (χ2n) is 5.92.